The number of hydrogen-bond donors (Lipinski definition) is 1. The van der Waals surface area contributed by atoms with Crippen LogP contribution in [-0.4, -0.2) is 28.3 Å². The number of carbonyl (C=O) groups is 1. The molecule has 0 bridgehead atoms. The van der Waals surface area contributed by atoms with Gasteiger partial charge in [0, 0.05) is 11.3 Å². The molecule has 0 fully saturated rings. The Balaban J connectivity index is 2.15. The first-order valence-corrected chi connectivity index (χ1v) is 8.69. The molecule has 2 N–H and O–H groups in total. The number of aromatic nitrogens is 2. The van der Waals surface area contributed by atoms with E-state index >= 15 is 0 Å². The standard InChI is InChI=1S/C20H27N3O3/c1-13(2)10-20(5,26-19(21)24)11-25-18-7-6-16(8-14(18)3)17-9-15(4)22-12-23-17/h6-9,12-13H,10-11H2,1-5H3,(H2,21,24)/t20-/m0/s1. The number of rotatable bonds is 7. The summed E-state index contributed by atoms with van der Waals surface area (Å²) < 4.78 is 11.3. The smallest absolute Gasteiger partial charge is 0.405 e. The van der Waals surface area contributed by atoms with Gasteiger partial charge in [0.15, 0.2) is 0 Å². The van der Waals surface area contributed by atoms with Crippen molar-refractivity contribution in [3.05, 3.63) is 41.9 Å². The maximum Gasteiger partial charge on any atom is 0.405 e. The third-order valence-corrected chi connectivity index (χ3v) is 3.99. The average molecular weight is 357 g/mol. The van der Waals surface area contributed by atoms with E-state index in [4.69, 9.17) is 15.2 Å². The molecule has 6 nitrogen and oxygen atoms in total. The minimum absolute atomic E-state index is 0.237. The zero-order valence-corrected chi connectivity index (χ0v) is 16.1. The van der Waals surface area contributed by atoms with Crippen LogP contribution in [0.25, 0.3) is 11.3 Å². The minimum Gasteiger partial charge on any atom is -0.489 e. The highest BCUT2D eigenvalue weighted by molar-refractivity contribution is 5.65. The van der Waals surface area contributed by atoms with Crippen LogP contribution in [0.4, 0.5) is 4.79 Å². The Morgan fingerprint density at radius 3 is 2.54 bits per heavy atom. The predicted molar refractivity (Wildman–Crippen MR) is 101 cm³/mol. The largest absolute Gasteiger partial charge is 0.489 e. The second kappa shape index (κ2) is 8.17. The van der Waals surface area contributed by atoms with E-state index in [0.29, 0.717) is 12.3 Å². The number of nitrogens with zero attached hydrogens (tertiary/aromatic N) is 2. The minimum atomic E-state index is -0.789. The number of aryl methyl sites for hydroxylation is 2. The van der Waals surface area contributed by atoms with Crippen molar-refractivity contribution < 1.29 is 14.3 Å². The van der Waals surface area contributed by atoms with Crippen LogP contribution in [0.1, 0.15) is 38.4 Å². The fraction of sp³-hybridized carbons (Fsp3) is 0.450. The molecule has 26 heavy (non-hydrogen) atoms. The van der Waals surface area contributed by atoms with Crippen LogP contribution in [0.15, 0.2) is 30.6 Å². The highest BCUT2D eigenvalue weighted by atomic mass is 16.6. The Kier molecular flexibility index (Phi) is 6.18. The van der Waals surface area contributed by atoms with Crippen LogP contribution in [-0.2, 0) is 4.74 Å². The fourth-order valence-electron chi connectivity index (χ4n) is 3.05. The number of primary amides is 1. The first kappa shape index (κ1) is 19.7. The molecule has 1 heterocycles. The van der Waals surface area contributed by atoms with Crippen molar-refractivity contribution in [1.29, 1.82) is 0 Å². The number of nitrogens with two attached hydrogens (primary N) is 1. The van der Waals surface area contributed by atoms with Crippen LogP contribution >= 0.6 is 0 Å². The molecule has 0 spiro atoms. The summed E-state index contributed by atoms with van der Waals surface area (Å²) in [6.45, 7) is 10.1. The molecular formula is C20H27N3O3. The third kappa shape index (κ3) is 5.44. The van der Waals surface area contributed by atoms with Gasteiger partial charge >= 0.3 is 6.09 Å². The Hall–Kier alpha value is -2.63. The van der Waals surface area contributed by atoms with Gasteiger partial charge in [-0.1, -0.05) is 13.8 Å². The van der Waals surface area contributed by atoms with Gasteiger partial charge in [0.25, 0.3) is 0 Å². The first-order chi connectivity index (χ1) is 12.2. The highest BCUT2D eigenvalue weighted by Crippen LogP contribution is 2.28. The van der Waals surface area contributed by atoms with E-state index < -0.39 is 11.7 Å². The molecule has 0 saturated heterocycles. The van der Waals surface area contributed by atoms with Crippen LogP contribution in [0.3, 0.4) is 0 Å². The van der Waals surface area contributed by atoms with Gasteiger partial charge in [-0.15, -0.1) is 0 Å². The molecule has 2 rings (SSSR count). The maximum atomic E-state index is 11.2. The lowest BCUT2D eigenvalue weighted by atomic mass is 9.95. The van der Waals surface area contributed by atoms with Gasteiger partial charge in [0.2, 0.25) is 0 Å². The molecule has 0 saturated carbocycles. The number of amides is 1. The van der Waals surface area contributed by atoms with Crippen molar-refractivity contribution in [3.63, 3.8) is 0 Å². The Morgan fingerprint density at radius 2 is 1.96 bits per heavy atom. The van der Waals surface area contributed by atoms with Gasteiger partial charge in [-0.05, 0) is 62.9 Å². The molecule has 2 aromatic rings. The van der Waals surface area contributed by atoms with Crippen molar-refractivity contribution in [2.75, 3.05) is 6.61 Å². The van der Waals surface area contributed by atoms with E-state index in [1.54, 1.807) is 6.33 Å². The molecule has 140 valence electrons. The Labute approximate surface area is 154 Å². The zero-order valence-electron chi connectivity index (χ0n) is 16.1. The van der Waals surface area contributed by atoms with Crippen LogP contribution < -0.4 is 10.5 Å². The second-order valence-corrected chi connectivity index (χ2v) is 7.28. The Morgan fingerprint density at radius 1 is 1.23 bits per heavy atom. The quantitative estimate of drug-likeness (QED) is 0.808. The molecule has 0 unspecified atom stereocenters. The summed E-state index contributed by atoms with van der Waals surface area (Å²) in [5.41, 5.74) is 8.21. The van der Waals surface area contributed by atoms with Gasteiger partial charge in [-0.2, -0.15) is 0 Å². The van der Waals surface area contributed by atoms with E-state index in [1.807, 2.05) is 45.0 Å². The number of benzene rings is 1. The number of ether oxygens (including phenoxy) is 2. The molecule has 1 aromatic carbocycles. The number of carbonyl (C=O) groups excluding carboxylic acids is 1. The van der Waals surface area contributed by atoms with Crippen molar-refractivity contribution >= 4 is 6.09 Å². The van der Waals surface area contributed by atoms with Gasteiger partial charge < -0.3 is 15.2 Å². The normalized spacial score (nSPS) is 13.3. The summed E-state index contributed by atoms with van der Waals surface area (Å²) in [6, 6.07) is 7.82. The molecular weight excluding hydrogens is 330 g/mol. The zero-order chi connectivity index (χ0) is 19.3. The monoisotopic (exact) mass is 357 g/mol. The molecule has 6 heteroatoms. The summed E-state index contributed by atoms with van der Waals surface area (Å²) in [5, 5.41) is 0. The van der Waals surface area contributed by atoms with E-state index in [2.05, 4.69) is 23.8 Å². The molecule has 1 atom stereocenters. The van der Waals surface area contributed by atoms with E-state index in [1.165, 1.54) is 0 Å². The lowest BCUT2D eigenvalue weighted by Crippen LogP contribution is -2.41. The summed E-state index contributed by atoms with van der Waals surface area (Å²) in [4.78, 5) is 19.7. The van der Waals surface area contributed by atoms with Crippen LogP contribution in [0.2, 0.25) is 0 Å². The summed E-state index contributed by atoms with van der Waals surface area (Å²) >= 11 is 0. The lowest BCUT2D eigenvalue weighted by molar-refractivity contribution is -0.0187. The fourth-order valence-corrected chi connectivity index (χ4v) is 3.05. The van der Waals surface area contributed by atoms with E-state index in [0.717, 1.165) is 28.3 Å². The first-order valence-electron chi connectivity index (χ1n) is 8.69. The topological polar surface area (TPSA) is 87.3 Å². The van der Waals surface area contributed by atoms with Gasteiger partial charge in [-0.25, -0.2) is 14.8 Å². The van der Waals surface area contributed by atoms with Crippen molar-refractivity contribution in [2.45, 2.75) is 46.6 Å². The summed E-state index contributed by atoms with van der Waals surface area (Å²) in [7, 11) is 0. The molecule has 0 aliphatic rings. The molecule has 0 radical (unpaired) electrons. The van der Waals surface area contributed by atoms with Gasteiger partial charge in [0.05, 0.1) is 5.69 Å². The van der Waals surface area contributed by atoms with Gasteiger partial charge in [0.1, 0.15) is 24.3 Å². The second-order valence-electron chi connectivity index (χ2n) is 7.28. The van der Waals surface area contributed by atoms with Crippen molar-refractivity contribution in [1.82, 2.24) is 9.97 Å². The summed E-state index contributed by atoms with van der Waals surface area (Å²) in [5.74, 6) is 1.08. The molecule has 1 amide bonds. The highest BCUT2D eigenvalue weighted by Gasteiger charge is 2.30. The molecule has 1 aromatic heterocycles. The van der Waals surface area contributed by atoms with Crippen LogP contribution in [0.5, 0.6) is 5.75 Å². The van der Waals surface area contributed by atoms with Crippen LogP contribution in [0, 0.1) is 19.8 Å². The average Bonchev–Trinajstić information content (AvgIpc) is 2.52. The lowest BCUT2D eigenvalue weighted by Gasteiger charge is -2.30. The molecule has 0 aliphatic carbocycles. The number of hydrogen-bond acceptors (Lipinski definition) is 5. The van der Waals surface area contributed by atoms with E-state index in [9.17, 15) is 4.79 Å². The third-order valence-electron chi connectivity index (χ3n) is 3.99. The van der Waals surface area contributed by atoms with Crippen molar-refractivity contribution in [2.24, 2.45) is 11.7 Å². The van der Waals surface area contributed by atoms with E-state index in [-0.39, 0.29) is 6.61 Å². The maximum absolute atomic E-state index is 11.2. The Bertz CT molecular complexity index is 777. The summed E-state index contributed by atoms with van der Waals surface area (Å²) in [6.07, 6.45) is 1.43. The predicted octanol–water partition coefficient (Wildman–Crippen LogP) is 4.04. The SMILES string of the molecule is Cc1cc(-c2ccc(OC[C@](C)(CC(C)C)OC(N)=O)c(C)c2)ncn1. The molecule has 0 aliphatic heterocycles. The van der Waals surface area contributed by atoms with Gasteiger partial charge in [-0.3, -0.25) is 0 Å². The van der Waals surface area contributed by atoms with Crippen molar-refractivity contribution in [3.8, 4) is 17.0 Å².